The molecule has 0 unspecified atom stereocenters. The van der Waals surface area contributed by atoms with E-state index in [0.717, 1.165) is 31.5 Å². The first-order chi connectivity index (χ1) is 13.1. The Bertz CT molecular complexity index is 767. The smallest absolute Gasteiger partial charge is 0.224 e. The number of halogens is 1. The predicted molar refractivity (Wildman–Crippen MR) is 98.3 cm³/mol. The summed E-state index contributed by atoms with van der Waals surface area (Å²) in [6.07, 6.45) is 5.82. The number of nitrogens with one attached hydrogen (secondary N) is 1. The molecule has 1 aromatic carbocycles. The minimum atomic E-state index is -0.311. The van der Waals surface area contributed by atoms with Gasteiger partial charge in [0.15, 0.2) is 11.7 Å². The van der Waals surface area contributed by atoms with Gasteiger partial charge in [-0.3, -0.25) is 9.59 Å². The quantitative estimate of drug-likeness (QED) is 0.810. The average molecular weight is 373 g/mol. The topological polar surface area (TPSA) is 75.4 Å². The average Bonchev–Trinajstić information content (AvgIpc) is 3.16. The molecule has 0 radical (unpaired) electrons. The number of rotatable bonds is 7. The van der Waals surface area contributed by atoms with Gasteiger partial charge in [-0.25, -0.2) is 9.37 Å². The van der Waals surface area contributed by atoms with Crippen LogP contribution >= 0.6 is 0 Å². The molecule has 1 aliphatic rings. The lowest BCUT2D eigenvalue weighted by atomic mass is 10.1. The van der Waals surface area contributed by atoms with Crippen LogP contribution in [-0.4, -0.2) is 41.3 Å². The Morgan fingerprint density at radius 1 is 1.11 bits per heavy atom. The zero-order chi connectivity index (χ0) is 19.1. The largest absolute Gasteiger partial charge is 0.441 e. The normalized spacial score (nSPS) is 14.2. The highest BCUT2D eigenvalue weighted by atomic mass is 19.1. The fourth-order valence-corrected chi connectivity index (χ4v) is 3.09. The van der Waals surface area contributed by atoms with Gasteiger partial charge in [-0.15, -0.1) is 0 Å². The molecule has 6 nitrogen and oxygen atoms in total. The highest BCUT2D eigenvalue weighted by Crippen LogP contribution is 2.21. The van der Waals surface area contributed by atoms with Crippen molar-refractivity contribution in [3.8, 4) is 11.3 Å². The van der Waals surface area contributed by atoms with Crippen molar-refractivity contribution in [1.82, 2.24) is 15.2 Å². The lowest BCUT2D eigenvalue weighted by molar-refractivity contribution is -0.132. The van der Waals surface area contributed by atoms with Crippen molar-refractivity contribution in [1.29, 1.82) is 0 Å². The molecule has 27 heavy (non-hydrogen) atoms. The molecule has 7 heteroatoms. The Hall–Kier alpha value is -2.70. The zero-order valence-electron chi connectivity index (χ0n) is 15.2. The first-order valence-corrected chi connectivity index (χ1v) is 9.37. The number of piperidine rings is 1. The number of benzene rings is 1. The molecule has 3 rings (SSSR count). The molecule has 144 valence electrons. The Balaban J connectivity index is 1.38. The van der Waals surface area contributed by atoms with E-state index in [1.807, 2.05) is 4.90 Å². The second-order valence-electron chi connectivity index (χ2n) is 6.67. The van der Waals surface area contributed by atoms with Gasteiger partial charge in [-0.05, 0) is 43.5 Å². The highest BCUT2D eigenvalue weighted by molar-refractivity contribution is 5.79. The summed E-state index contributed by atoms with van der Waals surface area (Å²) in [6.45, 7) is 2.00. The summed E-state index contributed by atoms with van der Waals surface area (Å²) in [6, 6.07) is 5.95. The summed E-state index contributed by atoms with van der Waals surface area (Å²) in [4.78, 5) is 30.0. The van der Waals surface area contributed by atoms with Crippen molar-refractivity contribution in [2.75, 3.05) is 19.6 Å². The fraction of sp³-hybridized carbons (Fsp3) is 0.450. The molecule has 0 atom stereocenters. The van der Waals surface area contributed by atoms with Crippen LogP contribution in [0, 0.1) is 5.82 Å². The lowest BCUT2D eigenvalue weighted by Crippen LogP contribution is -2.37. The monoisotopic (exact) mass is 373 g/mol. The molecule has 0 aliphatic carbocycles. The maximum absolute atomic E-state index is 13.0. The van der Waals surface area contributed by atoms with Crippen LogP contribution < -0.4 is 5.32 Å². The van der Waals surface area contributed by atoms with Gasteiger partial charge in [-0.2, -0.15) is 0 Å². The van der Waals surface area contributed by atoms with Gasteiger partial charge in [0.2, 0.25) is 11.8 Å². The second kappa shape index (κ2) is 9.30. The van der Waals surface area contributed by atoms with Gasteiger partial charge in [0, 0.05) is 44.5 Å². The minimum absolute atomic E-state index is 0.103. The molecule has 2 aromatic rings. The van der Waals surface area contributed by atoms with Gasteiger partial charge in [0.25, 0.3) is 0 Å². The first kappa shape index (κ1) is 19.1. The number of aryl methyl sites for hydroxylation is 1. The van der Waals surface area contributed by atoms with Gasteiger partial charge in [-0.1, -0.05) is 0 Å². The summed E-state index contributed by atoms with van der Waals surface area (Å²) in [5, 5.41) is 2.77. The predicted octanol–water partition coefficient (Wildman–Crippen LogP) is 2.93. The van der Waals surface area contributed by atoms with E-state index in [1.165, 1.54) is 18.6 Å². The van der Waals surface area contributed by atoms with Gasteiger partial charge in [0.1, 0.15) is 5.82 Å². The summed E-state index contributed by atoms with van der Waals surface area (Å²) < 4.78 is 18.6. The van der Waals surface area contributed by atoms with E-state index < -0.39 is 0 Å². The van der Waals surface area contributed by atoms with Gasteiger partial charge < -0.3 is 14.6 Å². The fourth-order valence-electron chi connectivity index (χ4n) is 3.09. The SMILES string of the molecule is O=C(CCc1ncc(-c2ccc(F)cc2)o1)NCCC(=O)N1CCCCC1. The number of amides is 2. The molecule has 1 saturated heterocycles. The third kappa shape index (κ3) is 5.64. The number of nitrogens with zero attached hydrogens (tertiary/aromatic N) is 2. The third-order valence-electron chi connectivity index (χ3n) is 4.62. The summed E-state index contributed by atoms with van der Waals surface area (Å²) in [5.41, 5.74) is 0.732. The summed E-state index contributed by atoms with van der Waals surface area (Å²) in [7, 11) is 0. The minimum Gasteiger partial charge on any atom is -0.441 e. The van der Waals surface area contributed by atoms with E-state index in [4.69, 9.17) is 4.42 Å². The molecule has 0 saturated carbocycles. The van der Waals surface area contributed by atoms with E-state index in [-0.39, 0.29) is 24.1 Å². The van der Waals surface area contributed by atoms with E-state index in [1.54, 1.807) is 18.3 Å². The van der Waals surface area contributed by atoms with Crippen LogP contribution in [0.15, 0.2) is 34.9 Å². The number of hydrogen-bond donors (Lipinski definition) is 1. The van der Waals surface area contributed by atoms with Crippen molar-refractivity contribution < 1.29 is 18.4 Å². The first-order valence-electron chi connectivity index (χ1n) is 9.37. The van der Waals surface area contributed by atoms with Crippen molar-refractivity contribution in [3.05, 3.63) is 42.2 Å². The van der Waals surface area contributed by atoms with Crippen LogP contribution in [-0.2, 0) is 16.0 Å². The van der Waals surface area contributed by atoms with Crippen LogP contribution in [0.25, 0.3) is 11.3 Å². The Morgan fingerprint density at radius 2 is 1.85 bits per heavy atom. The van der Waals surface area contributed by atoms with E-state index in [2.05, 4.69) is 10.3 Å². The van der Waals surface area contributed by atoms with Crippen LogP contribution in [0.2, 0.25) is 0 Å². The van der Waals surface area contributed by atoms with Gasteiger partial charge in [0.05, 0.1) is 6.20 Å². The molecule has 1 aliphatic heterocycles. The maximum Gasteiger partial charge on any atom is 0.224 e. The van der Waals surface area contributed by atoms with Crippen molar-refractivity contribution >= 4 is 11.8 Å². The molecule has 1 aromatic heterocycles. The molecular weight excluding hydrogens is 349 g/mol. The number of likely N-dealkylation sites (tertiary alicyclic amines) is 1. The number of carbonyl (C=O) groups excluding carboxylic acids is 2. The van der Waals surface area contributed by atoms with Crippen LogP contribution in [0.1, 0.15) is 38.0 Å². The highest BCUT2D eigenvalue weighted by Gasteiger charge is 2.16. The van der Waals surface area contributed by atoms with Crippen molar-refractivity contribution in [3.63, 3.8) is 0 Å². The van der Waals surface area contributed by atoms with Crippen molar-refractivity contribution in [2.45, 2.75) is 38.5 Å². The zero-order valence-corrected chi connectivity index (χ0v) is 15.2. The molecule has 2 heterocycles. The van der Waals surface area contributed by atoms with Crippen LogP contribution in [0.5, 0.6) is 0 Å². The summed E-state index contributed by atoms with van der Waals surface area (Å²) in [5.74, 6) is 0.648. The standard InChI is InChI=1S/C20H24FN3O3/c21-16-6-4-15(5-7-16)17-14-23-19(27-17)9-8-18(25)22-11-10-20(26)24-12-2-1-3-13-24/h4-7,14H,1-3,8-13H2,(H,22,25). The van der Waals surface area contributed by atoms with E-state index >= 15 is 0 Å². The van der Waals surface area contributed by atoms with Crippen LogP contribution in [0.3, 0.4) is 0 Å². The third-order valence-corrected chi connectivity index (χ3v) is 4.62. The Morgan fingerprint density at radius 3 is 2.59 bits per heavy atom. The van der Waals surface area contributed by atoms with Crippen molar-refractivity contribution in [2.24, 2.45) is 0 Å². The number of carbonyl (C=O) groups is 2. The maximum atomic E-state index is 13.0. The molecule has 0 spiro atoms. The lowest BCUT2D eigenvalue weighted by Gasteiger charge is -2.26. The van der Waals surface area contributed by atoms with E-state index in [0.29, 0.717) is 31.0 Å². The van der Waals surface area contributed by atoms with E-state index in [9.17, 15) is 14.0 Å². The molecular formula is C20H24FN3O3. The number of aromatic nitrogens is 1. The molecule has 2 amide bonds. The number of oxazole rings is 1. The second-order valence-corrected chi connectivity index (χ2v) is 6.67. The van der Waals surface area contributed by atoms with Crippen LogP contribution in [0.4, 0.5) is 4.39 Å². The summed E-state index contributed by atoms with van der Waals surface area (Å²) >= 11 is 0. The molecule has 0 bridgehead atoms. The van der Waals surface area contributed by atoms with Gasteiger partial charge >= 0.3 is 0 Å². The number of hydrogen-bond acceptors (Lipinski definition) is 4. The Labute approximate surface area is 157 Å². The molecule has 1 N–H and O–H groups in total. The molecule has 1 fully saturated rings. The Kier molecular flexibility index (Phi) is 6.57.